The second-order valence-electron chi connectivity index (χ2n) is 5.36. The number of halogens is 1. The van der Waals surface area contributed by atoms with Gasteiger partial charge >= 0.3 is 0 Å². The lowest BCUT2D eigenvalue weighted by atomic mass is 9.86. The van der Waals surface area contributed by atoms with Crippen LogP contribution >= 0.6 is 15.9 Å². The highest BCUT2D eigenvalue weighted by atomic mass is 79.9. The van der Waals surface area contributed by atoms with E-state index in [0.717, 1.165) is 6.04 Å². The van der Waals surface area contributed by atoms with Crippen LogP contribution in [-0.4, -0.2) is 17.5 Å². The van der Waals surface area contributed by atoms with Gasteiger partial charge in [0.2, 0.25) is 0 Å². The second-order valence-corrected chi connectivity index (χ2v) is 6.21. The molecule has 0 spiro atoms. The van der Waals surface area contributed by atoms with E-state index < -0.39 is 0 Å². The molecule has 0 aromatic heterocycles. The Kier molecular flexibility index (Phi) is 3.53. The van der Waals surface area contributed by atoms with Crippen LogP contribution in [0.2, 0.25) is 0 Å². The Morgan fingerprint density at radius 1 is 1.00 bits per heavy atom. The van der Waals surface area contributed by atoms with Crippen LogP contribution in [0, 0.1) is 0 Å². The maximum Gasteiger partial charge on any atom is 0.0362 e. The average molecular weight is 294 g/mol. The van der Waals surface area contributed by atoms with Crippen molar-refractivity contribution in [1.82, 2.24) is 4.90 Å². The normalized spacial score (nSPS) is 29.9. The monoisotopic (exact) mass is 293 g/mol. The molecule has 0 radical (unpaired) electrons. The van der Waals surface area contributed by atoms with Gasteiger partial charge in [0, 0.05) is 16.6 Å². The summed E-state index contributed by atoms with van der Waals surface area (Å²) < 4.78 is 1.29. The maximum absolute atomic E-state index is 3.72. The minimum Gasteiger partial charge on any atom is -0.293 e. The van der Waals surface area contributed by atoms with Crippen molar-refractivity contribution < 1.29 is 0 Å². The summed E-state index contributed by atoms with van der Waals surface area (Å²) in [7, 11) is 0. The number of hydrogen-bond acceptors (Lipinski definition) is 1. The Morgan fingerprint density at radius 3 is 2.71 bits per heavy atom. The fraction of sp³-hybridized carbons (Fsp3) is 0.600. The van der Waals surface area contributed by atoms with Crippen molar-refractivity contribution in [2.75, 3.05) is 6.54 Å². The van der Waals surface area contributed by atoms with Gasteiger partial charge in [-0.05, 0) is 50.3 Å². The maximum atomic E-state index is 3.72. The molecule has 0 amide bonds. The van der Waals surface area contributed by atoms with Crippen LogP contribution in [0.5, 0.6) is 0 Å². The van der Waals surface area contributed by atoms with Crippen molar-refractivity contribution in [1.29, 1.82) is 0 Å². The van der Waals surface area contributed by atoms with Gasteiger partial charge in [0.25, 0.3) is 0 Å². The predicted molar refractivity (Wildman–Crippen MR) is 75.1 cm³/mol. The lowest BCUT2D eigenvalue weighted by molar-refractivity contribution is 0.0515. The number of nitrogens with zero attached hydrogens (tertiary/aromatic N) is 1. The van der Waals surface area contributed by atoms with Gasteiger partial charge in [0.05, 0.1) is 0 Å². The van der Waals surface area contributed by atoms with Crippen molar-refractivity contribution in [3.63, 3.8) is 0 Å². The number of fused-ring (bicyclic) bond motifs is 1. The zero-order valence-electron chi connectivity index (χ0n) is 10.2. The first-order valence-electron chi connectivity index (χ1n) is 6.86. The van der Waals surface area contributed by atoms with Crippen molar-refractivity contribution in [2.45, 2.75) is 50.6 Å². The molecule has 1 nitrogen and oxygen atoms in total. The molecule has 2 fully saturated rings. The van der Waals surface area contributed by atoms with Crippen molar-refractivity contribution in [3.8, 4) is 0 Å². The first-order valence-corrected chi connectivity index (χ1v) is 7.66. The third-order valence-electron chi connectivity index (χ3n) is 4.35. The Morgan fingerprint density at radius 2 is 1.82 bits per heavy atom. The quantitative estimate of drug-likeness (QED) is 0.735. The molecule has 2 atom stereocenters. The van der Waals surface area contributed by atoms with Crippen LogP contribution in [-0.2, 0) is 0 Å². The van der Waals surface area contributed by atoms with Crippen LogP contribution in [0.15, 0.2) is 28.7 Å². The summed E-state index contributed by atoms with van der Waals surface area (Å²) in [5, 5.41) is 0. The first kappa shape index (κ1) is 11.7. The zero-order valence-corrected chi connectivity index (χ0v) is 11.8. The standard InChI is InChI=1S/C15H20BrN/c16-14-9-2-1-8-13(14)15-10-5-7-12-6-3-4-11-17(12)15/h1-2,8-9,12,15H,3-7,10-11H2/t12-,15+/m1/s1. The molecule has 1 aromatic carbocycles. The molecule has 0 unspecified atom stereocenters. The van der Waals surface area contributed by atoms with Gasteiger partial charge in [-0.25, -0.2) is 0 Å². The Hall–Kier alpha value is -0.340. The Labute approximate surface area is 112 Å². The van der Waals surface area contributed by atoms with Crippen LogP contribution in [0.4, 0.5) is 0 Å². The van der Waals surface area contributed by atoms with E-state index in [2.05, 4.69) is 45.1 Å². The minimum absolute atomic E-state index is 0.657. The van der Waals surface area contributed by atoms with E-state index >= 15 is 0 Å². The molecule has 2 aliphatic rings. The molecule has 0 aliphatic carbocycles. The van der Waals surface area contributed by atoms with E-state index in [-0.39, 0.29) is 0 Å². The van der Waals surface area contributed by atoms with Crippen LogP contribution in [0.1, 0.15) is 50.1 Å². The molecule has 0 bridgehead atoms. The van der Waals surface area contributed by atoms with Gasteiger partial charge in [0.1, 0.15) is 0 Å². The lowest BCUT2D eigenvalue weighted by Gasteiger charge is -2.45. The zero-order chi connectivity index (χ0) is 11.7. The minimum atomic E-state index is 0.657. The van der Waals surface area contributed by atoms with Crippen LogP contribution in [0.25, 0.3) is 0 Å². The van der Waals surface area contributed by atoms with Crippen LogP contribution in [0.3, 0.4) is 0 Å². The average Bonchev–Trinajstić information content (AvgIpc) is 2.39. The predicted octanol–water partition coefficient (Wildman–Crippen LogP) is 4.53. The molecular weight excluding hydrogens is 274 g/mol. The molecule has 0 N–H and O–H groups in total. The highest BCUT2D eigenvalue weighted by molar-refractivity contribution is 9.10. The lowest BCUT2D eigenvalue weighted by Crippen LogP contribution is -2.44. The van der Waals surface area contributed by atoms with E-state index in [0.29, 0.717) is 6.04 Å². The highest BCUT2D eigenvalue weighted by Crippen LogP contribution is 2.40. The molecular formula is C15H20BrN. The second kappa shape index (κ2) is 5.11. The molecule has 2 heterocycles. The summed E-state index contributed by atoms with van der Waals surface area (Å²) in [6.07, 6.45) is 8.38. The molecule has 2 heteroatoms. The van der Waals surface area contributed by atoms with Gasteiger partial charge in [-0.3, -0.25) is 4.90 Å². The summed E-state index contributed by atoms with van der Waals surface area (Å²) in [4.78, 5) is 2.77. The number of piperidine rings is 2. The number of hydrogen-bond donors (Lipinski definition) is 0. The fourth-order valence-electron chi connectivity index (χ4n) is 3.54. The third kappa shape index (κ3) is 2.30. The van der Waals surface area contributed by atoms with Gasteiger partial charge < -0.3 is 0 Å². The topological polar surface area (TPSA) is 3.24 Å². The molecule has 92 valence electrons. The van der Waals surface area contributed by atoms with Gasteiger partial charge in [-0.2, -0.15) is 0 Å². The van der Waals surface area contributed by atoms with Crippen molar-refractivity contribution in [3.05, 3.63) is 34.3 Å². The summed E-state index contributed by atoms with van der Waals surface area (Å²) in [5.74, 6) is 0. The van der Waals surface area contributed by atoms with Crippen molar-refractivity contribution in [2.24, 2.45) is 0 Å². The van der Waals surface area contributed by atoms with Crippen LogP contribution < -0.4 is 0 Å². The molecule has 3 rings (SSSR count). The van der Waals surface area contributed by atoms with E-state index in [4.69, 9.17) is 0 Å². The van der Waals surface area contributed by atoms with E-state index in [1.165, 1.54) is 55.1 Å². The molecule has 2 aliphatic heterocycles. The molecule has 2 saturated heterocycles. The highest BCUT2D eigenvalue weighted by Gasteiger charge is 2.33. The van der Waals surface area contributed by atoms with Crippen molar-refractivity contribution >= 4 is 15.9 Å². The molecule has 1 aromatic rings. The molecule has 17 heavy (non-hydrogen) atoms. The molecule has 0 saturated carbocycles. The van der Waals surface area contributed by atoms with Gasteiger partial charge in [0.15, 0.2) is 0 Å². The summed E-state index contributed by atoms with van der Waals surface area (Å²) in [5.41, 5.74) is 1.50. The van der Waals surface area contributed by atoms with Gasteiger partial charge in [-0.15, -0.1) is 0 Å². The summed E-state index contributed by atoms with van der Waals surface area (Å²) >= 11 is 3.72. The van der Waals surface area contributed by atoms with Gasteiger partial charge in [-0.1, -0.05) is 40.5 Å². The van der Waals surface area contributed by atoms with E-state index in [9.17, 15) is 0 Å². The number of benzene rings is 1. The Balaban J connectivity index is 1.88. The fourth-order valence-corrected chi connectivity index (χ4v) is 4.08. The number of rotatable bonds is 1. The third-order valence-corrected chi connectivity index (χ3v) is 5.07. The smallest absolute Gasteiger partial charge is 0.0362 e. The largest absolute Gasteiger partial charge is 0.293 e. The Bertz CT molecular complexity index is 388. The SMILES string of the molecule is Brc1ccccc1[C@@H]1CCC[C@H]2CCCCN21. The van der Waals surface area contributed by atoms with E-state index in [1.54, 1.807) is 0 Å². The summed E-state index contributed by atoms with van der Waals surface area (Å²) in [6.45, 7) is 1.30. The first-order chi connectivity index (χ1) is 8.36. The summed E-state index contributed by atoms with van der Waals surface area (Å²) in [6, 6.07) is 10.3. The van der Waals surface area contributed by atoms with E-state index in [1.807, 2.05) is 0 Å².